The standard InChI is InChI=1S/C8H16N2O2/c1-10(2)8(11)6-12-7-3-4-9-5-7/h7,9H,3-6H2,1-2H3. The average Bonchev–Trinajstić information content (AvgIpc) is 2.51. The van der Waals surface area contributed by atoms with Crippen LogP contribution in [0.4, 0.5) is 0 Å². The van der Waals surface area contributed by atoms with Crippen LogP contribution in [0.3, 0.4) is 0 Å². The summed E-state index contributed by atoms with van der Waals surface area (Å²) >= 11 is 0. The first-order valence-electron chi connectivity index (χ1n) is 4.22. The molecule has 0 bridgehead atoms. The minimum atomic E-state index is 0.0295. The van der Waals surface area contributed by atoms with Crippen molar-refractivity contribution in [2.45, 2.75) is 12.5 Å². The number of hydrogen-bond acceptors (Lipinski definition) is 3. The van der Waals surface area contributed by atoms with Crippen LogP contribution in [-0.2, 0) is 9.53 Å². The van der Waals surface area contributed by atoms with Crippen molar-refractivity contribution in [2.24, 2.45) is 0 Å². The predicted octanol–water partition coefficient (Wildman–Crippen LogP) is -0.547. The molecule has 0 spiro atoms. The Labute approximate surface area is 72.9 Å². The summed E-state index contributed by atoms with van der Waals surface area (Å²) < 4.78 is 5.37. The molecule has 0 saturated carbocycles. The van der Waals surface area contributed by atoms with E-state index in [0.29, 0.717) is 0 Å². The molecule has 0 aromatic carbocycles. The molecule has 1 aliphatic heterocycles. The van der Waals surface area contributed by atoms with Gasteiger partial charge in [0.05, 0.1) is 6.10 Å². The fourth-order valence-corrected chi connectivity index (χ4v) is 1.09. The molecule has 1 amide bonds. The average molecular weight is 172 g/mol. The molecule has 1 saturated heterocycles. The smallest absolute Gasteiger partial charge is 0.248 e. The van der Waals surface area contributed by atoms with Crippen LogP contribution in [0, 0.1) is 0 Å². The van der Waals surface area contributed by atoms with Gasteiger partial charge in [0.15, 0.2) is 0 Å². The monoisotopic (exact) mass is 172 g/mol. The van der Waals surface area contributed by atoms with Crippen LogP contribution < -0.4 is 5.32 Å². The number of nitrogens with zero attached hydrogens (tertiary/aromatic N) is 1. The van der Waals surface area contributed by atoms with Gasteiger partial charge in [-0.3, -0.25) is 4.79 Å². The lowest BCUT2D eigenvalue weighted by molar-refractivity contribution is -0.135. The van der Waals surface area contributed by atoms with Gasteiger partial charge >= 0.3 is 0 Å². The van der Waals surface area contributed by atoms with E-state index in [1.807, 2.05) is 0 Å². The van der Waals surface area contributed by atoms with E-state index < -0.39 is 0 Å². The lowest BCUT2D eigenvalue weighted by atomic mass is 10.3. The third-order valence-corrected chi connectivity index (χ3v) is 1.96. The molecule has 1 fully saturated rings. The Balaban J connectivity index is 2.12. The molecule has 0 aromatic rings. The molecule has 70 valence electrons. The third-order valence-electron chi connectivity index (χ3n) is 1.96. The second-order valence-electron chi connectivity index (χ2n) is 3.21. The summed E-state index contributed by atoms with van der Waals surface area (Å²) in [7, 11) is 3.47. The highest BCUT2D eigenvalue weighted by Crippen LogP contribution is 2.02. The van der Waals surface area contributed by atoms with Crippen molar-refractivity contribution in [3.63, 3.8) is 0 Å². The Kier molecular flexibility index (Phi) is 3.49. The van der Waals surface area contributed by atoms with Crippen LogP contribution in [0.25, 0.3) is 0 Å². The Hall–Kier alpha value is -0.610. The van der Waals surface area contributed by atoms with Gasteiger partial charge in [-0.05, 0) is 13.0 Å². The molecular weight excluding hydrogens is 156 g/mol. The number of rotatable bonds is 3. The quantitative estimate of drug-likeness (QED) is 0.621. The van der Waals surface area contributed by atoms with E-state index in [0.717, 1.165) is 19.5 Å². The molecule has 0 aliphatic carbocycles. The Morgan fingerprint density at radius 1 is 1.67 bits per heavy atom. The summed E-state index contributed by atoms with van der Waals surface area (Å²) in [6, 6.07) is 0. The van der Waals surface area contributed by atoms with E-state index in [9.17, 15) is 4.79 Å². The van der Waals surface area contributed by atoms with Crippen LogP contribution in [0.1, 0.15) is 6.42 Å². The van der Waals surface area contributed by atoms with Gasteiger partial charge in [-0.25, -0.2) is 0 Å². The Morgan fingerprint density at radius 2 is 2.42 bits per heavy atom. The predicted molar refractivity (Wildman–Crippen MR) is 45.9 cm³/mol. The number of likely N-dealkylation sites (N-methyl/N-ethyl adjacent to an activating group) is 1. The number of hydrogen-bond donors (Lipinski definition) is 1. The number of nitrogens with one attached hydrogen (secondary N) is 1. The fraction of sp³-hybridized carbons (Fsp3) is 0.875. The SMILES string of the molecule is CN(C)C(=O)COC1CCNC1. The van der Waals surface area contributed by atoms with E-state index in [1.165, 1.54) is 0 Å². The van der Waals surface area contributed by atoms with Crippen molar-refractivity contribution >= 4 is 5.91 Å². The van der Waals surface area contributed by atoms with Gasteiger partial charge in [0.2, 0.25) is 5.91 Å². The molecule has 4 heteroatoms. The molecule has 1 rings (SSSR count). The second kappa shape index (κ2) is 4.42. The summed E-state index contributed by atoms with van der Waals surface area (Å²) in [4.78, 5) is 12.6. The zero-order chi connectivity index (χ0) is 8.97. The number of amides is 1. The van der Waals surface area contributed by atoms with E-state index in [2.05, 4.69) is 5.32 Å². The summed E-state index contributed by atoms with van der Waals surface area (Å²) in [6.07, 6.45) is 1.25. The van der Waals surface area contributed by atoms with Gasteiger partial charge in [-0.1, -0.05) is 0 Å². The van der Waals surface area contributed by atoms with Crippen LogP contribution >= 0.6 is 0 Å². The largest absolute Gasteiger partial charge is 0.367 e. The van der Waals surface area contributed by atoms with Crippen molar-refractivity contribution in [1.29, 1.82) is 0 Å². The van der Waals surface area contributed by atoms with Crippen molar-refractivity contribution in [3.8, 4) is 0 Å². The molecule has 1 heterocycles. The first kappa shape index (κ1) is 9.48. The maximum absolute atomic E-state index is 11.1. The van der Waals surface area contributed by atoms with Crippen LogP contribution in [0.2, 0.25) is 0 Å². The molecule has 0 aromatic heterocycles. The van der Waals surface area contributed by atoms with Crippen molar-refractivity contribution < 1.29 is 9.53 Å². The van der Waals surface area contributed by atoms with E-state index in [1.54, 1.807) is 19.0 Å². The van der Waals surface area contributed by atoms with E-state index >= 15 is 0 Å². The van der Waals surface area contributed by atoms with Gasteiger partial charge < -0.3 is 15.0 Å². The Morgan fingerprint density at radius 3 is 2.92 bits per heavy atom. The van der Waals surface area contributed by atoms with Gasteiger partial charge in [0, 0.05) is 20.6 Å². The molecule has 1 N–H and O–H groups in total. The van der Waals surface area contributed by atoms with Crippen LogP contribution in [-0.4, -0.2) is 50.7 Å². The molecule has 12 heavy (non-hydrogen) atoms. The lowest BCUT2D eigenvalue weighted by Gasteiger charge is -2.13. The second-order valence-corrected chi connectivity index (χ2v) is 3.21. The van der Waals surface area contributed by atoms with Crippen LogP contribution in [0.5, 0.6) is 0 Å². The van der Waals surface area contributed by atoms with Crippen molar-refractivity contribution in [2.75, 3.05) is 33.8 Å². The molecule has 0 radical (unpaired) electrons. The summed E-state index contributed by atoms with van der Waals surface area (Å²) in [5, 5.41) is 3.18. The minimum Gasteiger partial charge on any atom is -0.367 e. The first-order valence-corrected chi connectivity index (χ1v) is 4.22. The number of carbonyl (C=O) groups is 1. The highest BCUT2D eigenvalue weighted by Gasteiger charge is 2.16. The number of ether oxygens (including phenoxy) is 1. The molecular formula is C8H16N2O2. The van der Waals surface area contributed by atoms with Crippen molar-refractivity contribution in [1.82, 2.24) is 10.2 Å². The topological polar surface area (TPSA) is 41.6 Å². The Bertz CT molecular complexity index is 153. The van der Waals surface area contributed by atoms with Gasteiger partial charge in [-0.2, -0.15) is 0 Å². The maximum atomic E-state index is 11.1. The minimum absolute atomic E-state index is 0.0295. The van der Waals surface area contributed by atoms with E-state index in [4.69, 9.17) is 4.74 Å². The molecule has 1 atom stereocenters. The highest BCUT2D eigenvalue weighted by molar-refractivity contribution is 5.76. The molecule has 1 aliphatic rings. The summed E-state index contributed by atoms with van der Waals surface area (Å²) in [6.45, 7) is 2.08. The zero-order valence-corrected chi connectivity index (χ0v) is 7.67. The van der Waals surface area contributed by atoms with Crippen molar-refractivity contribution in [3.05, 3.63) is 0 Å². The maximum Gasteiger partial charge on any atom is 0.248 e. The summed E-state index contributed by atoms with van der Waals surface area (Å²) in [5.41, 5.74) is 0. The van der Waals surface area contributed by atoms with Gasteiger partial charge in [-0.15, -0.1) is 0 Å². The van der Waals surface area contributed by atoms with Gasteiger partial charge in [0.1, 0.15) is 6.61 Å². The first-order chi connectivity index (χ1) is 5.70. The van der Waals surface area contributed by atoms with Crippen LogP contribution in [0.15, 0.2) is 0 Å². The lowest BCUT2D eigenvalue weighted by Crippen LogP contribution is -2.29. The van der Waals surface area contributed by atoms with Gasteiger partial charge in [0.25, 0.3) is 0 Å². The molecule has 1 unspecified atom stereocenters. The highest BCUT2D eigenvalue weighted by atomic mass is 16.5. The summed E-state index contributed by atoms with van der Waals surface area (Å²) in [5.74, 6) is 0.0295. The normalized spacial score (nSPS) is 22.7. The zero-order valence-electron chi connectivity index (χ0n) is 7.67. The van der Waals surface area contributed by atoms with E-state index in [-0.39, 0.29) is 18.6 Å². The third kappa shape index (κ3) is 2.79. The number of carbonyl (C=O) groups excluding carboxylic acids is 1. The molecule has 4 nitrogen and oxygen atoms in total. The fourth-order valence-electron chi connectivity index (χ4n) is 1.09.